The van der Waals surface area contributed by atoms with Crippen LogP contribution in [0.5, 0.6) is 0 Å². The highest BCUT2D eigenvalue weighted by Gasteiger charge is 2.12. The van der Waals surface area contributed by atoms with Crippen LogP contribution >= 0.6 is 11.6 Å². The van der Waals surface area contributed by atoms with Gasteiger partial charge in [-0.1, -0.05) is 17.7 Å². The number of nitrogens with zero attached hydrogens (tertiary/aromatic N) is 3. The number of benzene rings is 1. The van der Waals surface area contributed by atoms with Gasteiger partial charge in [0, 0.05) is 5.02 Å². The molecule has 0 saturated heterocycles. The van der Waals surface area contributed by atoms with Crippen LogP contribution in [0.2, 0.25) is 5.02 Å². The Kier molecular flexibility index (Phi) is 4.74. The molecule has 1 aromatic heterocycles. The normalized spacial score (nSPS) is 10.8. The van der Waals surface area contributed by atoms with Crippen LogP contribution in [0, 0.1) is 10.1 Å². The van der Waals surface area contributed by atoms with Gasteiger partial charge in [0.05, 0.1) is 11.4 Å². The Morgan fingerprint density at radius 1 is 1.45 bits per heavy atom. The van der Waals surface area contributed by atoms with Gasteiger partial charge in [-0.15, -0.1) is 10.1 Å². The van der Waals surface area contributed by atoms with Gasteiger partial charge in [-0.2, -0.15) is 5.10 Å². The lowest BCUT2D eigenvalue weighted by atomic mass is 10.3. The van der Waals surface area contributed by atoms with Gasteiger partial charge in [0.25, 0.3) is 5.09 Å². The molecule has 1 N–H and O–H groups in total. The summed E-state index contributed by atoms with van der Waals surface area (Å²) >= 11 is 5.81. The third kappa shape index (κ3) is 3.83. The van der Waals surface area contributed by atoms with Crippen LogP contribution in [-0.4, -0.2) is 32.5 Å². The Morgan fingerprint density at radius 3 is 2.73 bits per heavy atom. The zero-order valence-corrected chi connectivity index (χ0v) is 11.8. The molecule has 9 heteroatoms. The number of halogens is 1. The predicted octanol–water partition coefficient (Wildman–Crippen LogP) is 2.45. The van der Waals surface area contributed by atoms with E-state index in [9.17, 15) is 14.9 Å². The molecule has 1 heterocycles. The van der Waals surface area contributed by atoms with Crippen LogP contribution in [-0.2, 0) is 4.84 Å². The quantitative estimate of drug-likeness (QED) is 0.646. The van der Waals surface area contributed by atoms with Gasteiger partial charge in [-0.05, 0) is 36.4 Å². The van der Waals surface area contributed by atoms with Crippen LogP contribution in [0.3, 0.4) is 0 Å². The van der Waals surface area contributed by atoms with Gasteiger partial charge >= 0.3 is 5.97 Å². The fourth-order valence-corrected chi connectivity index (χ4v) is 1.81. The zero-order valence-electron chi connectivity index (χ0n) is 11.0. The van der Waals surface area contributed by atoms with Crippen LogP contribution in [0.1, 0.15) is 16.2 Å². The third-order valence-corrected chi connectivity index (χ3v) is 2.84. The first kappa shape index (κ1) is 15.5. The Labute approximate surface area is 129 Å². The lowest BCUT2D eigenvalue weighted by Crippen LogP contribution is -2.02. The number of carbonyl (C=O) groups is 1. The Bertz CT molecular complexity index is 724. The number of aromatic carboxylic acids is 1. The Hall–Kier alpha value is -2.87. The number of carboxylic acids is 1. The van der Waals surface area contributed by atoms with Crippen molar-refractivity contribution < 1.29 is 19.8 Å². The minimum absolute atomic E-state index is 0.148. The topological polar surface area (TPSA) is 107 Å². The number of carboxylic acid groups (broad SMARTS) is 1. The van der Waals surface area contributed by atoms with E-state index in [4.69, 9.17) is 16.7 Å². The van der Waals surface area contributed by atoms with E-state index in [0.29, 0.717) is 16.4 Å². The fraction of sp³-hybridized carbons (Fsp3) is 0.0769. The van der Waals surface area contributed by atoms with Crippen molar-refractivity contribution in [1.29, 1.82) is 0 Å². The van der Waals surface area contributed by atoms with Crippen molar-refractivity contribution in [1.82, 2.24) is 9.78 Å². The number of hydrogen-bond acceptors (Lipinski definition) is 5. The summed E-state index contributed by atoms with van der Waals surface area (Å²) in [5.74, 6) is -1.18. The average Bonchev–Trinajstić information content (AvgIpc) is 2.88. The molecule has 2 rings (SSSR count). The molecule has 2 aromatic rings. The lowest BCUT2D eigenvalue weighted by molar-refractivity contribution is -0.755. The van der Waals surface area contributed by atoms with E-state index in [1.165, 1.54) is 22.9 Å². The minimum atomic E-state index is -1.18. The highest BCUT2D eigenvalue weighted by Crippen LogP contribution is 2.17. The van der Waals surface area contributed by atoms with E-state index in [0.717, 1.165) is 0 Å². The summed E-state index contributed by atoms with van der Waals surface area (Å²) in [6, 6.07) is 7.97. The summed E-state index contributed by atoms with van der Waals surface area (Å²) in [6.45, 7) is -0.249. The Morgan fingerprint density at radius 2 is 2.14 bits per heavy atom. The van der Waals surface area contributed by atoms with Crippen molar-refractivity contribution in [3.63, 3.8) is 0 Å². The first-order valence-corrected chi connectivity index (χ1v) is 6.38. The molecule has 0 aliphatic rings. The van der Waals surface area contributed by atoms with Crippen molar-refractivity contribution in [3.05, 3.63) is 62.9 Å². The molecule has 0 bridgehead atoms. The maximum Gasteiger partial charge on any atom is 0.356 e. The average molecular weight is 324 g/mol. The maximum atomic E-state index is 11.0. The van der Waals surface area contributed by atoms with E-state index in [1.807, 2.05) is 0 Å². The number of aromatic nitrogens is 2. The Balaban J connectivity index is 2.32. The van der Waals surface area contributed by atoms with E-state index in [-0.39, 0.29) is 12.3 Å². The fourth-order valence-electron chi connectivity index (χ4n) is 1.68. The van der Waals surface area contributed by atoms with Crippen LogP contribution in [0.4, 0.5) is 0 Å². The number of hydrogen-bond donors (Lipinski definition) is 1. The molecule has 0 saturated carbocycles. The molecular weight excluding hydrogens is 314 g/mol. The molecule has 8 nitrogen and oxygen atoms in total. The monoisotopic (exact) mass is 323 g/mol. The summed E-state index contributed by atoms with van der Waals surface area (Å²) in [4.78, 5) is 25.3. The molecular formula is C13H10ClN3O5. The van der Waals surface area contributed by atoms with Crippen molar-refractivity contribution in [2.75, 3.05) is 6.61 Å². The van der Waals surface area contributed by atoms with E-state index < -0.39 is 11.1 Å². The summed E-state index contributed by atoms with van der Waals surface area (Å²) in [7, 11) is 0. The van der Waals surface area contributed by atoms with Crippen molar-refractivity contribution >= 4 is 23.6 Å². The second-order valence-electron chi connectivity index (χ2n) is 4.07. The summed E-state index contributed by atoms with van der Waals surface area (Å²) in [5.41, 5.74) is 0.892. The van der Waals surface area contributed by atoms with Gasteiger partial charge in [0.2, 0.25) is 0 Å². The summed E-state index contributed by atoms with van der Waals surface area (Å²) < 4.78 is 1.39. The van der Waals surface area contributed by atoms with E-state index >= 15 is 0 Å². The van der Waals surface area contributed by atoms with E-state index in [2.05, 4.69) is 9.94 Å². The highest BCUT2D eigenvalue weighted by molar-refractivity contribution is 6.30. The molecule has 1 aromatic carbocycles. The van der Waals surface area contributed by atoms with Crippen LogP contribution < -0.4 is 0 Å². The van der Waals surface area contributed by atoms with Gasteiger partial charge in [-0.3, -0.25) is 0 Å². The summed E-state index contributed by atoms with van der Waals surface area (Å²) in [6.07, 6.45) is 2.87. The molecule has 0 aliphatic heterocycles. The molecule has 0 amide bonds. The molecule has 0 atom stereocenters. The van der Waals surface area contributed by atoms with Gasteiger partial charge in [-0.25, -0.2) is 9.48 Å². The third-order valence-electron chi connectivity index (χ3n) is 2.59. The van der Waals surface area contributed by atoms with E-state index in [1.54, 1.807) is 24.3 Å². The predicted molar refractivity (Wildman–Crippen MR) is 77.5 cm³/mol. The minimum Gasteiger partial charge on any atom is -0.476 e. The largest absolute Gasteiger partial charge is 0.476 e. The second-order valence-corrected chi connectivity index (χ2v) is 4.51. The van der Waals surface area contributed by atoms with Crippen LogP contribution in [0.15, 0.2) is 36.4 Å². The SMILES string of the molecule is O=C(O)c1cc(/C=C\CO[N+](=O)[O-])n(-c2ccc(Cl)cc2)n1. The second kappa shape index (κ2) is 6.72. The molecule has 0 radical (unpaired) electrons. The highest BCUT2D eigenvalue weighted by atomic mass is 35.5. The first-order chi connectivity index (χ1) is 10.5. The molecule has 0 spiro atoms. The van der Waals surface area contributed by atoms with Gasteiger partial charge in [0.15, 0.2) is 5.69 Å². The molecule has 0 fully saturated rings. The maximum absolute atomic E-state index is 11.0. The van der Waals surface area contributed by atoms with Crippen LogP contribution in [0.25, 0.3) is 11.8 Å². The van der Waals surface area contributed by atoms with Gasteiger partial charge < -0.3 is 9.94 Å². The molecule has 0 unspecified atom stereocenters. The summed E-state index contributed by atoms with van der Waals surface area (Å²) in [5, 5.41) is 22.7. The smallest absolute Gasteiger partial charge is 0.356 e. The first-order valence-electron chi connectivity index (χ1n) is 6.00. The van der Waals surface area contributed by atoms with Crippen molar-refractivity contribution in [3.8, 4) is 5.69 Å². The molecule has 22 heavy (non-hydrogen) atoms. The van der Waals surface area contributed by atoms with Gasteiger partial charge in [0.1, 0.15) is 6.61 Å². The lowest BCUT2D eigenvalue weighted by Gasteiger charge is -2.04. The molecule has 0 aliphatic carbocycles. The van der Waals surface area contributed by atoms with Crippen molar-refractivity contribution in [2.45, 2.75) is 0 Å². The standard InChI is InChI=1S/C13H10ClN3O5/c14-9-3-5-10(6-4-9)16-11(2-1-7-22-17(20)21)8-12(15-16)13(18)19/h1-6,8H,7H2,(H,18,19)/b2-1-. The zero-order chi connectivity index (χ0) is 16.1. The molecule has 114 valence electrons. The van der Waals surface area contributed by atoms with Crippen molar-refractivity contribution in [2.24, 2.45) is 0 Å². The number of rotatable bonds is 6.